The summed E-state index contributed by atoms with van der Waals surface area (Å²) in [4.78, 5) is 2.94. The number of primary sulfonamides is 1. The predicted molar refractivity (Wildman–Crippen MR) is 78.6 cm³/mol. The second-order valence-electron chi connectivity index (χ2n) is 4.43. The number of nitrogens with zero attached hydrogens (tertiary/aromatic N) is 2. The summed E-state index contributed by atoms with van der Waals surface area (Å²) in [7, 11) is -3.86. The van der Waals surface area contributed by atoms with Gasteiger partial charge in [0, 0.05) is 11.1 Å². The van der Waals surface area contributed by atoms with Crippen LogP contribution in [0.4, 0.5) is 0 Å². The van der Waals surface area contributed by atoms with Crippen LogP contribution in [0.1, 0.15) is 0 Å². The monoisotopic (exact) mass is 300 g/mol. The average Bonchev–Trinajstić information content (AvgIpc) is 3.00. The number of nitrogens with one attached hydrogen (secondary N) is 1. The second kappa shape index (κ2) is 5.12. The maximum Gasteiger partial charge on any atom is 0.238 e. The van der Waals surface area contributed by atoms with E-state index < -0.39 is 10.0 Å². The molecule has 3 rings (SSSR count). The van der Waals surface area contributed by atoms with Crippen LogP contribution in [0.3, 0.4) is 0 Å². The van der Waals surface area contributed by atoms with Gasteiger partial charge >= 0.3 is 0 Å². The molecule has 0 amide bonds. The largest absolute Gasteiger partial charge is 0.328 e. The summed E-state index contributed by atoms with van der Waals surface area (Å²) in [6.45, 7) is 0. The molecule has 1 aromatic heterocycles. The molecule has 3 N–H and O–H groups in total. The van der Waals surface area contributed by atoms with Gasteiger partial charge in [-0.05, 0) is 11.6 Å². The van der Waals surface area contributed by atoms with Crippen LogP contribution >= 0.6 is 0 Å². The minimum atomic E-state index is -3.86. The smallest absolute Gasteiger partial charge is 0.238 e. The third kappa shape index (κ3) is 2.56. The zero-order valence-electron chi connectivity index (χ0n) is 10.9. The number of hydrogen-bond donors (Lipinski definition) is 2. The fraction of sp³-hybridized carbons (Fsp3) is 0. The molecular formula is C14H12N4O2S. The van der Waals surface area contributed by atoms with Gasteiger partial charge in [0.05, 0.1) is 4.90 Å². The summed E-state index contributed by atoms with van der Waals surface area (Å²) in [5, 5.41) is 13.0. The van der Waals surface area contributed by atoms with Gasteiger partial charge in [0.15, 0.2) is 5.82 Å². The van der Waals surface area contributed by atoms with Crippen LogP contribution in [0.5, 0.6) is 0 Å². The van der Waals surface area contributed by atoms with Crippen molar-refractivity contribution >= 4 is 10.0 Å². The molecule has 0 aliphatic rings. The van der Waals surface area contributed by atoms with Gasteiger partial charge in [0.2, 0.25) is 10.0 Å². The van der Waals surface area contributed by atoms with Crippen LogP contribution < -0.4 is 5.14 Å². The molecule has 6 nitrogen and oxygen atoms in total. The highest BCUT2D eigenvalue weighted by molar-refractivity contribution is 7.89. The topological polar surface area (TPSA) is 102 Å². The van der Waals surface area contributed by atoms with E-state index in [0.717, 1.165) is 5.56 Å². The van der Waals surface area contributed by atoms with Crippen LogP contribution in [0.15, 0.2) is 59.8 Å². The number of sulfonamides is 1. The molecule has 3 aromatic rings. The maximum atomic E-state index is 11.9. The van der Waals surface area contributed by atoms with Gasteiger partial charge in [-0.15, -0.1) is 10.2 Å². The Balaban J connectivity index is 2.38. The summed E-state index contributed by atoms with van der Waals surface area (Å²) in [6.07, 6.45) is 1.44. The van der Waals surface area contributed by atoms with E-state index in [1.54, 1.807) is 12.1 Å². The first-order valence-corrected chi connectivity index (χ1v) is 7.69. The SMILES string of the molecule is NS(=O)(=O)c1cccc(-c2nnc[nH]2)c1-c1ccccc1. The van der Waals surface area contributed by atoms with Gasteiger partial charge in [-0.1, -0.05) is 42.5 Å². The lowest BCUT2D eigenvalue weighted by molar-refractivity contribution is 0.598. The van der Waals surface area contributed by atoms with E-state index >= 15 is 0 Å². The zero-order valence-corrected chi connectivity index (χ0v) is 11.7. The fourth-order valence-electron chi connectivity index (χ4n) is 2.21. The van der Waals surface area contributed by atoms with E-state index in [-0.39, 0.29) is 4.90 Å². The number of aromatic nitrogens is 3. The standard InChI is InChI=1S/C14H12N4O2S/c15-21(19,20)12-8-4-7-11(14-16-9-17-18-14)13(12)10-5-2-1-3-6-10/h1-9H,(H2,15,19,20)(H,16,17,18). The Kier molecular flexibility index (Phi) is 3.28. The van der Waals surface area contributed by atoms with Crippen molar-refractivity contribution in [2.45, 2.75) is 4.90 Å². The molecule has 0 atom stereocenters. The van der Waals surface area contributed by atoms with Crippen molar-refractivity contribution < 1.29 is 8.42 Å². The first-order valence-electron chi connectivity index (χ1n) is 6.15. The summed E-state index contributed by atoms with van der Waals surface area (Å²) < 4.78 is 23.8. The molecular weight excluding hydrogens is 288 g/mol. The fourth-order valence-corrected chi connectivity index (χ4v) is 2.99. The van der Waals surface area contributed by atoms with E-state index in [9.17, 15) is 8.42 Å². The van der Waals surface area contributed by atoms with Crippen LogP contribution in [0, 0.1) is 0 Å². The molecule has 106 valence electrons. The van der Waals surface area contributed by atoms with Crippen molar-refractivity contribution in [3.8, 4) is 22.5 Å². The third-order valence-electron chi connectivity index (χ3n) is 3.07. The molecule has 0 aliphatic heterocycles. The van der Waals surface area contributed by atoms with Gasteiger partial charge in [0.1, 0.15) is 6.33 Å². The molecule has 7 heteroatoms. The van der Waals surface area contributed by atoms with Crippen molar-refractivity contribution in [1.82, 2.24) is 15.2 Å². The van der Waals surface area contributed by atoms with E-state index in [1.165, 1.54) is 12.4 Å². The molecule has 21 heavy (non-hydrogen) atoms. The van der Waals surface area contributed by atoms with Crippen LogP contribution in [0.25, 0.3) is 22.5 Å². The van der Waals surface area contributed by atoms with E-state index in [1.807, 2.05) is 30.3 Å². The number of hydrogen-bond acceptors (Lipinski definition) is 4. The van der Waals surface area contributed by atoms with Gasteiger partial charge in [-0.3, -0.25) is 0 Å². The maximum absolute atomic E-state index is 11.9. The molecule has 1 heterocycles. The highest BCUT2D eigenvalue weighted by atomic mass is 32.2. The molecule has 0 radical (unpaired) electrons. The molecule has 0 unspecified atom stereocenters. The molecule has 0 saturated carbocycles. The predicted octanol–water partition coefficient (Wildman–Crippen LogP) is 1.79. The normalized spacial score (nSPS) is 11.5. The van der Waals surface area contributed by atoms with E-state index in [4.69, 9.17) is 5.14 Å². The van der Waals surface area contributed by atoms with Gasteiger partial charge < -0.3 is 4.98 Å². The Bertz CT molecular complexity index is 859. The minimum absolute atomic E-state index is 0.0580. The van der Waals surface area contributed by atoms with Crippen molar-refractivity contribution in [2.24, 2.45) is 5.14 Å². The van der Waals surface area contributed by atoms with Gasteiger partial charge in [-0.2, -0.15) is 0 Å². The van der Waals surface area contributed by atoms with Gasteiger partial charge in [-0.25, -0.2) is 13.6 Å². The molecule has 2 aromatic carbocycles. The minimum Gasteiger partial charge on any atom is -0.328 e. The number of rotatable bonds is 3. The Hall–Kier alpha value is -2.51. The molecule has 0 bridgehead atoms. The lowest BCUT2D eigenvalue weighted by Gasteiger charge is -2.12. The van der Waals surface area contributed by atoms with Crippen molar-refractivity contribution in [3.63, 3.8) is 0 Å². The zero-order chi connectivity index (χ0) is 14.9. The summed E-state index contributed by atoms with van der Waals surface area (Å²) in [6, 6.07) is 14.1. The van der Waals surface area contributed by atoms with Gasteiger partial charge in [0.25, 0.3) is 0 Å². The van der Waals surface area contributed by atoms with Crippen LogP contribution in [0.2, 0.25) is 0 Å². The Labute approximate surface area is 121 Å². The Morgan fingerprint density at radius 1 is 1.00 bits per heavy atom. The molecule has 0 saturated heterocycles. The molecule has 0 aliphatic carbocycles. The Morgan fingerprint density at radius 2 is 1.76 bits per heavy atom. The van der Waals surface area contributed by atoms with E-state index in [0.29, 0.717) is 17.0 Å². The van der Waals surface area contributed by atoms with Crippen LogP contribution in [-0.4, -0.2) is 23.6 Å². The molecule has 0 spiro atoms. The second-order valence-corrected chi connectivity index (χ2v) is 5.96. The third-order valence-corrected chi connectivity index (χ3v) is 4.02. The summed E-state index contributed by atoms with van der Waals surface area (Å²) in [5.74, 6) is 0.486. The number of benzene rings is 2. The van der Waals surface area contributed by atoms with Crippen molar-refractivity contribution in [1.29, 1.82) is 0 Å². The quantitative estimate of drug-likeness (QED) is 0.769. The van der Waals surface area contributed by atoms with Crippen molar-refractivity contribution in [3.05, 3.63) is 54.9 Å². The Morgan fingerprint density at radius 3 is 2.38 bits per heavy atom. The van der Waals surface area contributed by atoms with E-state index in [2.05, 4.69) is 15.2 Å². The highest BCUT2D eigenvalue weighted by Gasteiger charge is 2.20. The number of aromatic amines is 1. The number of nitrogens with two attached hydrogens (primary N) is 1. The highest BCUT2D eigenvalue weighted by Crippen LogP contribution is 2.34. The summed E-state index contributed by atoms with van der Waals surface area (Å²) >= 11 is 0. The lowest BCUT2D eigenvalue weighted by atomic mass is 9.99. The summed E-state index contributed by atoms with van der Waals surface area (Å²) in [5.41, 5.74) is 1.89. The average molecular weight is 300 g/mol. The number of H-pyrrole nitrogens is 1. The van der Waals surface area contributed by atoms with Crippen molar-refractivity contribution in [2.75, 3.05) is 0 Å². The molecule has 0 fully saturated rings. The first-order chi connectivity index (χ1) is 10.1. The lowest BCUT2D eigenvalue weighted by Crippen LogP contribution is -2.14. The first kappa shape index (κ1) is 13.5. The van der Waals surface area contributed by atoms with Crippen LogP contribution in [-0.2, 0) is 10.0 Å².